The molecule has 7 heteroatoms. The van der Waals surface area contributed by atoms with E-state index in [1.54, 1.807) is 11.2 Å². The van der Waals surface area contributed by atoms with E-state index in [9.17, 15) is 9.59 Å². The number of hydrogen-bond donors (Lipinski definition) is 1. The Morgan fingerprint density at radius 1 is 1.33 bits per heavy atom. The predicted molar refractivity (Wildman–Crippen MR) is 89.5 cm³/mol. The lowest BCUT2D eigenvalue weighted by Crippen LogP contribution is -2.48. The van der Waals surface area contributed by atoms with Crippen LogP contribution in [0.5, 0.6) is 0 Å². The van der Waals surface area contributed by atoms with Gasteiger partial charge >= 0.3 is 6.03 Å². The van der Waals surface area contributed by atoms with Crippen molar-refractivity contribution in [1.82, 2.24) is 20.0 Å². The quantitative estimate of drug-likeness (QED) is 0.881. The van der Waals surface area contributed by atoms with Crippen molar-refractivity contribution >= 4 is 11.9 Å². The van der Waals surface area contributed by atoms with Crippen LogP contribution >= 0.6 is 0 Å². The van der Waals surface area contributed by atoms with Crippen LogP contribution in [0.2, 0.25) is 0 Å². The van der Waals surface area contributed by atoms with Crippen LogP contribution in [0.4, 0.5) is 4.79 Å². The van der Waals surface area contributed by atoms with E-state index in [-0.39, 0.29) is 18.0 Å². The van der Waals surface area contributed by atoms with Gasteiger partial charge in [-0.3, -0.25) is 9.69 Å². The summed E-state index contributed by atoms with van der Waals surface area (Å²) in [6.45, 7) is 5.64. The molecule has 0 spiro atoms. The van der Waals surface area contributed by atoms with Gasteiger partial charge in [0.15, 0.2) is 0 Å². The van der Waals surface area contributed by atoms with E-state index in [4.69, 9.17) is 4.42 Å². The molecule has 7 nitrogen and oxygen atoms in total. The molecule has 3 heterocycles. The summed E-state index contributed by atoms with van der Waals surface area (Å²) < 4.78 is 5.31. The molecule has 1 aromatic heterocycles. The van der Waals surface area contributed by atoms with Gasteiger partial charge in [0.2, 0.25) is 5.91 Å². The largest absolute Gasteiger partial charge is 0.467 e. The summed E-state index contributed by atoms with van der Waals surface area (Å²) in [5.74, 6) is 0.771. The number of nitrogens with one attached hydrogen (secondary N) is 1. The molecule has 2 aliphatic heterocycles. The van der Waals surface area contributed by atoms with Crippen molar-refractivity contribution in [2.75, 3.05) is 39.8 Å². The third-order valence-electron chi connectivity index (χ3n) is 4.96. The normalized spacial score (nSPS) is 21.3. The van der Waals surface area contributed by atoms with Crippen molar-refractivity contribution in [2.45, 2.75) is 31.8 Å². The van der Waals surface area contributed by atoms with Crippen LogP contribution in [0.1, 0.15) is 31.6 Å². The SMILES string of the molecule is CC(NC(=O)CN1CCC(N2CCN(C)C2=O)CC1)c1ccco1. The van der Waals surface area contributed by atoms with E-state index in [2.05, 4.69) is 10.2 Å². The number of piperidine rings is 1. The summed E-state index contributed by atoms with van der Waals surface area (Å²) in [5.41, 5.74) is 0. The standard InChI is InChI=1S/C17H26N4O3/c1-13(15-4-3-11-24-15)18-16(22)12-20-7-5-14(6-8-20)21-10-9-19(2)17(21)23/h3-4,11,13-14H,5-10,12H2,1-2H3,(H,18,22). The van der Waals surface area contributed by atoms with Crippen molar-refractivity contribution in [2.24, 2.45) is 0 Å². The highest BCUT2D eigenvalue weighted by molar-refractivity contribution is 5.78. The molecule has 2 aliphatic rings. The maximum atomic E-state index is 12.2. The number of furan rings is 1. The minimum Gasteiger partial charge on any atom is -0.467 e. The maximum Gasteiger partial charge on any atom is 0.320 e. The van der Waals surface area contributed by atoms with Crippen LogP contribution in [0, 0.1) is 0 Å². The second-order valence-corrected chi connectivity index (χ2v) is 6.71. The lowest BCUT2D eigenvalue weighted by atomic mass is 10.0. The van der Waals surface area contributed by atoms with E-state index >= 15 is 0 Å². The molecule has 24 heavy (non-hydrogen) atoms. The zero-order chi connectivity index (χ0) is 17.1. The molecule has 1 N–H and O–H groups in total. The van der Waals surface area contributed by atoms with Gasteiger partial charge in [-0.15, -0.1) is 0 Å². The van der Waals surface area contributed by atoms with Crippen LogP contribution in [0.3, 0.4) is 0 Å². The molecule has 3 amide bonds. The topological polar surface area (TPSA) is 69.0 Å². The van der Waals surface area contributed by atoms with Gasteiger partial charge in [0.25, 0.3) is 0 Å². The second-order valence-electron chi connectivity index (χ2n) is 6.71. The van der Waals surface area contributed by atoms with Crippen LogP contribution in [0.25, 0.3) is 0 Å². The van der Waals surface area contributed by atoms with Crippen molar-refractivity contribution in [3.05, 3.63) is 24.2 Å². The Labute approximate surface area is 142 Å². The fourth-order valence-corrected chi connectivity index (χ4v) is 3.50. The number of nitrogens with zero attached hydrogens (tertiary/aromatic N) is 3. The van der Waals surface area contributed by atoms with Gasteiger partial charge in [0.05, 0.1) is 18.8 Å². The highest BCUT2D eigenvalue weighted by atomic mass is 16.3. The molecule has 2 saturated heterocycles. The number of likely N-dealkylation sites (tertiary alicyclic amines) is 1. The van der Waals surface area contributed by atoms with Gasteiger partial charge in [-0.25, -0.2) is 4.79 Å². The van der Waals surface area contributed by atoms with Crippen LogP contribution in [-0.2, 0) is 4.79 Å². The number of carbonyl (C=O) groups is 2. The third kappa shape index (κ3) is 3.72. The summed E-state index contributed by atoms with van der Waals surface area (Å²) in [7, 11) is 1.85. The van der Waals surface area contributed by atoms with E-state index in [1.807, 2.05) is 31.0 Å². The number of urea groups is 1. The zero-order valence-corrected chi connectivity index (χ0v) is 14.4. The Morgan fingerprint density at radius 3 is 2.67 bits per heavy atom. The van der Waals surface area contributed by atoms with Crippen molar-refractivity contribution < 1.29 is 14.0 Å². The molecule has 1 unspecified atom stereocenters. The number of likely N-dealkylation sites (N-methyl/N-ethyl adjacent to an activating group) is 1. The first kappa shape index (κ1) is 16.8. The molecular formula is C17H26N4O3. The molecule has 0 aromatic carbocycles. The Kier molecular flexibility index (Phi) is 5.08. The van der Waals surface area contributed by atoms with E-state index in [1.165, 1.54) is 0 Å². The Balaban J connectivity index is 1.42. The Bertz CT molecular complexity index is 566. The van der Waals surface area contributed by atoms with E-state index < -0.39 is 0 Å². The number of carbonyl (C=O) groups excluding carboxylic acids is 2. The second kappa shape index (κ2) is 7.25. The van der Waals surface area contributed by atoms with Gasteiger partial charge in [-0.05, 0) is 31.9 Å². The van der Waals surface area contributed by atoms with Gasteiger partial charge in [0, 0.05) is 39.3 Å². The molecule has 0 bridgehead atoms. The maximum absolute atomic E-state index is 12.2. The van der Waals surface area contributed by atoms with E-state index in [0.717, 1.165) is 44.8 Å². The third-order valence-corrected chi connectivity index (χ3v) is 4.96. The first-order valence-electron chi connectivity index (χ1n) is 8.61. The van der Waals surface area contributed by atoms with E-state index in [0.29, 0.717) is 12.6 Å². The average molecular weight is 334 g/mol. The molecular weight excluding hydrogens is 308 g/mol. The molecule has 3 rings (SSSR count). The fraction of sp³-hybridized carbons (Fsp3) is 0.647. The van der Waals surface area contributed by atoms with Crippen molar-refractivity contribution in [1.29, 1.82) is 0 Å². The predicted octanol–water partition coefficient (Wildman–Crippen LogP) is 1.29. The van der Waals surface area contributed by atoms with Crippen LogP contribution in [0.15, 0.2) is 22.8 Å². The molecule has 0 saturated carbocycles. The first-order chi connectivity index (χ1) is 11.5. The Morgan fingerprint density at radius 2 is 2.08 bits per heavy atom. The Hall–Kier alpha value is -2.02. The molecule has 0 aliphatic carbocycles. The number of hydrogen-bond acceptors (Lipinski definition) is 4. The molecule has 0 radical (unpaired) electrons. The van der Waals surface area contributed by atoms with Gasteiger partial charge in [-0.2, -0.15) is 0 Å². The summed E-state index contributed by atoms with van der Waals surface area (Å²) in [4.78, 5) is 30.2. The molecule has 1 atom stereocenters. The minimum absolute atomic E-state index is 0.00864. The summed E-state index contributed by atoms with van der Waals surface area (Å²) in [6.07, 6.45) is 3.47. The van der Waals surface area contributed by atoms with Gasteiger partial charge in [-0.1, -0.05) is 0 Å². The first-order valence-corrected chi connectivity index (χ1v) is 8.61. The smallest absolute Gasteiger partial charge is 0.320 e. The lowest BCUT2D eigenvalue weighted by Gasteiger charge is -2.36. The van der Waals surface area contributed by atoms with Crippen LogP contribution < -0.4 is 5.32 Å². The number of amides is 3. The number of rotatable bonds is 5. The fourth-order valence-electron chi connectivity index (χ4n) is 3.50. The monoisotopic (exact) mass is 334 g/mol. The highest BCUT2D eigenvalue weighted by Gasteiger charge is 2.33. The minimum atomic E-state index is -0.122. The highest BCUT2D eigenvalue weighted by Crippen LogP contribution is 2.20. The lowest BCUT2D eigenvalue weighted by molar-refractivity contribution is -0.123. The van der Waals surface area contributed by atoms with Gasteiger partial charge in [0.1, 0.15) is 5.76 Å². The average Bonchev–Trinajstić information content (AvgIpc) is 3.20. The van der Waals surface area contributed by atoms with Gasteiger partial charge < -0.3 is 19.5 Å². The summed E-state index contributed by atoms with van der Waals surface area (Å²) in [6, 6.07) is 4.01. The summed E-state index contributed by atoms with van der Waals surface area (Å²) >= 11 is 0. The molecule has 2 fully saturated rings. The molecule has 132 valence electrons. The zero-order valence-electron chi connectivity index (χ0n) is 14.4. The molecule has 1 aromatic rings. The van der Waals surface area contributed by atoms with Crippen LogP contribution in [-0.4, -0.2) is 72.5 Å². The summed E-state index contributed by atoms with van der Waals surface area (Å²) in [5, 5.41) is 2.96. The van der Waals surface area contributed by atoms with Crippen molar-refractivity contribution in [3.8, 4) is 0 Å². The van der Waals surface area contributed by atoms with Crippen molar-refractivity contribution in [3.63, 3.8) is 0 Å².